The smallest absolute Gasteiger partial charge is 0.221 e. The zero-order valence-electron chi connectivity index (χ0n) is 12.6. The third kappa shape index (κ3) is 4.55. The summed E-state index contributed by atoms with van der Waals surface area (Å²) in [5.41, 5.74) is 1.97. The van der Waals surface area contributed by atoms with E-state index < -0.39 is 0 Å². The van der Waals surface area contributed by atoms with E-state index in [0.717, 1.165) is 17.3 Å². The highest BCUT2D eigenvalue weighted by Gasteiger charge is 2.17. The molecule has 1 fully saturated rings. The number of carbonyl (C=O) groups is 1. The molecule has 1 aromatic rings. The van der Waals surface area contributed by atoms with Crippen LogP contribution in [0.4, 0.5) is 11.4 Å². The molecule has 2 unspecified atom stereocenters. The van der Waals surface area contributed by atoms with Crippen LogP contribution in [-0.2, 0) is 4.79 Å². The van der Waals surface area contributed by atoms with E-state index in [-0.39, 0.29) is 5.91 Å². The van der Waals surface area contributed by atoms with Gasteiger partial charge in [-0.3, -0.25) is 4.79 Å². The summed E-state index contributed by atoms with van der Waals surface area (Å²) in [6.07, 6.45) is 7.84. The number of benzene rings is 1. The van der Waals surface area contributed by atoms with Gasteiger partial charge in [-0.15, -0.1) is 0 Å². The highest BCUT2D eigenvalue weighted by Crippen LogP contribution is 2.27. The van der Waals surface area contributed by atoms with Crippen molar-refractivity contribution >= 4 is 17.3 Å². The van der Waals surface area contributed by atoms with Crippen molar-refractivity contribution in [3.63, 3.8) is 0 Å². The third-order valence-electron chi connectivity index (χ3n) is 4.22. The van der Waals surface area contributed by atoms with Crippen molar-refractivity contribution in [2.45, 2.75) is 58.4 Å². The molecule has 2 atom stereocenters. The lowest BCUT2D eigenvalue weighted by atomic mass is 9.98. The van der Waals surface area contributed by atoms with Crippen LogP contribution < -0.4 is 10.6 Å². The second-order valence-corrected chi connectivity index (χ2v) is 5.89. The minimum atomic E-state index is -0.0256. The maximum atomic E-state index is 11.1. The summed E-state index contributed by atoms with van der Waals surface area (Å²) in [6.45, 7) is 3.84. The van der Waals surface area contributed by atoms with Gasteiger partial charge in [0.05, 0.1) is 0 Å². The van der Waals surface area contributed by atoms with E-state index in [1.54, 1.807) is 0 Å². The van der Waals surface area contributed by atoms with Crippen LogP contribution in [0.25, 0.3) is 0 Å². The average molecular weight is 274 g/mol. The molecule has 2 rings (SSSR count). The molecular weight excluding hydrogens is 248 g/mol. The van der Waals surface area contributed by atoms with E-state index in [1.807, 2.05) is 18.2 Å². The SMILES string of the molecule is CCC1CCCC(Nc2cccc(NC(C)=O)c2)CC1. The first-order valence-electron chi connectivity index (χ1n) is 7.81. The summed E-state index contributed by atoms with van der Waals surface area (Å²) in [6, 6.07) is 8.57. The number of hydrogen-bond donors (Lipinski definition) is 2. The van der Waals surface area contributed by atoms with Crippen molar-refractivity contribution < 1.29 is 4.79 Å². The summed E-state index contributed by atoms with van der Waals surface area (Å²) in [5, 5.41) is 6.46. The number of anilines is 2. The van der Waals surface area contributed by atoms with Crippen molar-refractivity contribution in [3.05, 3.63) is 24.3 Å². The van der Waals surface area contributed by atoms with Gasteiger partial charge in [0.1, 0.15) is 0 Å². The van der Waals surface area contributed by atoms with E-state index >= 15 is 0 Å². The van der Waals surface area contributed by atoms with Crippen LogP contribution in [0.1, 0.15) is 52.4 Å². The topological polar surface area (TPSA) is 41.1 Å². The first-order valence-corrected chi connectivity index (χ1v) is 7.81. The van der Waals surface area contributed by atoms with Crippen LogP contribution in [-0.4, -0.2) is 11.9 Å². The maximum absolute atomic E-state index is 11.1. The molecule has 1 aromatic carbocycles. The Hall–Kier alpha value is -1.51. The summed E-state index contributed by atoms with van der Waals surface area (Å²) < 4.78 is 0. The number of hydrogen-bond acceptors (Lipinski definition) is 2. The molecule has 0 saturated heterocycles. The molecule has 1 saturated carbocycles. The Kier molecular flexibility index (Phi) is 5.45. The van der Waals surface area contributed by atoms with E-state index in [2.05, 4.69) is 23.6 Å². The number of carbonyl (C=O) groups excluding carboxylic acids is 1. The van der Waals surface area contributed by atoms with Crippen molar-refractivity contribution in [2.75, 3.05) is 10.6 Å². The zero-order valence-corrected chi connectivity index (χ0v) is 12.6. The zero-order chi connectivity index (χ0) is 14.4. The van der Waals surface area contributed by atoms with E-state index in [0.29, 0.717) is 6.04 Å². The van der Waals surface area contributed by atoms with Gasteiger partial charge in [-0.05, 0) is 43.4 Å². The molecule has 2 N–H and O–H groups in total. The van der Waals surface area contributed by atoms with E-state index in [4.69, 9.17) is 0 Å². The molecule has 0 radical (unpaired) electrons. The summed E-state index contributed by atoms with van der Waals surface area (Å²) >= 11 is 0. The fourth-order valence-electron chi connectivity index (χ4n) is 3.06. The lowest BCUT2D eigenvalue weighted by Gasteiger charge is -2.18. The average Bonchev–Trinajstić information content (AvgIpc) is 2.63. The van der Waals surface area contributed by atoms with Gasteiger partial charge in [-0.1, -0.05) is 32.3 Å². The molecule has 0 spiro atoms. The van der Waals surface area contributed by atoms with Gasteiger partial charge in [0.15, 0.2) is 0 Å². The Morgan fingerprint density at radius 2 is 2.00 bits per heavy atom. The van der Waals surface area contributed by atoms with Crippen molar-refractivity contribution in [1.29, 1.82) is 0 Å². The Morgan fingerprint density at radius 3 is 2.75 bits per heavy atom. The Bertz CT molecular complexity index is 444. The van der Waals surface area contributed by atoms with Crippen molar-refractivity contribution in [3.8, 4) is 0 Å². The van der Waals surface area contributed by atoms with Crippen LogP contribution in [0.5, 0.6) is 0 Å². The first kappa shape index (κ1) is 14.9. The van der Waals surface area contributed by atoms with Gasteiger partial charge in [0.2, 0.25) is 5.91 Å². The monoisotopic (exact) mass is 274 g/mol. The van der Waals surface area contributed by atoms with Gasteiger partial charge >= 0.3 is 0 Å². The number of nitrogens with one attached hydrogen (secondary N) is 2. The molecule has 0 aliphatic heterocycles. The fourth-order valence-corrected chi connectivity index (χ4v) is 3.06. The third-order valence-corrected chi connectivity index (χ3v) is 4.22. The van der Waals surface area contributed by atoms with Crippen LogP contribution in [0.2, 0.25) is 0 Å². The van der Waals surface area contributed by atoms with Gasteiger partial charge in [-0.25, -0.2) is 0 Å². The van der Waals surface area contributed by atoms with E-state index in [1.165, 1.54) is 45.4 Å². The van der Waals surface area contributed by atoms with Crippen molar-refractivity contribution in [2.24, 2.45) is 5.92 Å². The molecule has 0 aromatic heterocycles. The van der Waals surface area contributed by atoms with Crippen molar-refractivity contribution in [1.82, 2.24) is 0 Å². The summed E-state index contributed by atoms with van der Waals surface area (Å²) in [7, 11) is 0. The lowest BCUT2D eigenvalue weighted by Crippen LogP contribution is -2.18. The first-order chi connectivity index (χ1) is 9.67. The number of rotatable bonds is 4. The quantitative estimate of drug-likeness (QED) is 0.798. The molecule has 3 heteroatoms. The second-order valence-electron chi connectivity index (χ2n) is 5.89. The molecule has 20 heavy (non-hydrogen) atoms. The normalized spacial score (nSPS) is 22.9. The highest BCUT2D eigenvalue weighted by molar-refractivity contribution is 5.89. The largest absolute Gasteiger partial charge is 0.382 e. The molecular formula is C17H26N2O. The van der Waals surface area contributed by atoms with Gasteiger partial charge in [0.25, 0.3) is 0 Å². The molecule has 1 aliphatic carbocycles. The minimum Gasteiger partial charge on any atom is -0.382 e. The Morgan fingerprint density at radius 1 is 1.20 bits per heavy atom. The predicted octanol–water partition coefficient (Wildman–Crippen LogP) is 4.42. The second kappa shape index (κ2) is 7.32. The predicted molar refractivity (Wildman–Crippen MR) is 85.0 cm³/mol. The van der Waals surface area contributed by atoms with Gasteiger partial charge in [0, 0.05) is 24.3 Å². The number of amides is 1. The standard InChI is InChI=1S/C17H26N2O/c1-3-14-6-4-7-15(11-10-14)19-17-9-5-8-16(12-17)18-13(2)20/h5,8-9,12,14-15,19H,3-4,6-7,10-11H2,1-2H3,(H,18,20). The Balaban J connectivity index is 1.93. The summed E-state index contributed by atoms with van der Waals surface area (Å²) in [4.78, 5) is 11.1. The molecule has 110 valence electrons. The maximum Gasteiger partial charge on any atom is 0.221 e. The fraction of sp³-hybridized carbons (Fsp3) is 0.588. The Labute approximate surface area is 122 Å². The highest BCUT2D eigenvalue weighted by atomic mass is 16.1. The van der Waals surface area contributed by atoms with Crippen LogP contribution in [0, 0.1) is 5.92 Å². The van der Waals surface area contributed by atoms with Gasteiger partial charge < -0.3 is 10.6 Å². The van der Waals surface area contributed by atoms with Gasteiger partial charge in [-0.2, -0.15) is 0 Å². The van der Waals surface area contributed by atoms with Crippen LogP contribution >= 0.6 is 0 Å². The molecule has 3 nitrogen and oxygen atoms in total. The molecule has 1 aliphatic rings. The van der Waals surface area contributed by atoms with E-state index in [9.17, 15) is 4.79 Å². The summed E-state index contributed by atoms with van der Waals surface area (Å²) in [5.74, 6) is 0.884. The molecule has 0 heterocycles. The molecule has 0 bridgehead atoms. The van der Waals surface area contributed by atoms with Crippen LogP contribution in [0.3, 0.4) is 0 Å². The lowest BCUT2D eigenvalue weighted by molar-refractivity contribution is -0.114. The molecule has 1 amide bonds. The van der Waals surface area contributed by atoms with Crippen LogP contribution in [0.15, 0.2) is 24.3 Å². The minimum absolute atomic E-state index is 0.0256.